The van der Waals surface area contributed by atoms with E-state index >= 15 is 0 Å². The van der Waals surface area contributed by atoms with Gasteiger partial charge in [0.05, 0.1) is 12.7 Å². The van der Waals surface area contributed by atoms with E-state index in [2.05, 4.69) is 0 Å². The molecule has 0 radical (unpaired) electrons. The average Bonchev–Trinajstić information content (AvgIpc) is 3.10. The summed E-state index contributed by atoms with van der Waals surface area (Å²) in [6.45, 7) is 2.98. The number of hydrogen-bond donors (Lipinski definition) is 2. The summed E-state index contributed by atoms with van der Waals surface area (Å²) in [4.78, 5) is 0. The number of rotatable bonds is 5. The molecule has 1 fully saturated rings. The first-order valence-corrected chi connectivity index (χ1v) is 5.82. The molecule has 0 saturated heterocycles. The maximum Gasteiger partial charge on any atom is 0.125 e. The largest absolute Gasteiger partial charge is 0.493 e. The third kappa shape index (κ3) is 2.74. The van der Waals surface area contributed by atoms with Gasteiger partial charge < -0.3 is 15.6 Å². The average molecular weight is 221 g/mol. The minimum atomic E-state index is -0.630. The van der Waals surface area contributed by atoms with Gasteiger partial charge in [-0.1, -0.05) is 11.6 Å². The van der Waals surface area contributed by atoms with Gasteiger partial charge in [-0.2, -0.15) is 0 Å². The summed E-state index contributed by atoms with van der Waals surface area (Å²) in [5.74, 6) is 1.49. The van der Waals surface area contributed by atoms with Gasteiger partial charge in [-0.15, -0.1) is 0 Å². The molecule has 1 aromatic rings. The number of aliphatic hydroxyl groups is 1. The lowest BCUT2D eigenvalue weighted by molar-refractivity contribution is 0.178. The number of hydrogen-bond acceptors (Lipinski definition) is 3. The lowest BCUT2D eigenvalue weighted by atomic mass is 10.1. The van der Waals surface area contributed by atoms with Crippen LogP contribution < -0.4 is 10.5 Å². The highest BCUT2D eigenvalue weighted by Crippen LogP contribution is 2.32. The zero-order valence-electron chi connectivity index (χ0n) is 9.65. The fourth-order valence-electron chi connectivity index (χ4n) is 1.68. The van der Waals surface area contributed by atoms with E-state index in [9.17, 15) is 5.11 Å². The molecule has 0 aliphatic heterocycles. The molecule has 2 rings (SSSR count). The molecular formula is C13H19NO2. The lowest BCUT2D eigenvalue weighted by Crippen LogP contribution is -2.13. The van der Waals surface area contributed by atoms with Crippen LogP contribution in [0, 0.1) is 12.8 Å². The number of benzene rings is 1. The highest BCUT2D eigenvalue weighted by Gasteiger charge is 2.23. The van der Waals surface area contributed by atoms with Crippen LogP contribution in [0.15, 0.2) is 18.2 Å². The third-order valence-corrected chi connectivity index (χ3v) is 2.92. The molecule has 1 atom stereocenters. The van der Waals surface area contributed by atoms with Crippen molar-refractivity contribution in [2.24, 2.45) is 11.7 Å². The van der Waals surface area contributed by atoms with E-state index in [0.29, 0.717) is 5.92 Å². The van der Waals surface area contributed by atoms with Gasteiger partial charge in [0.2, 0.25) is 0 Å². The number of ether oxygens (including phenoxy) is 1. The van der Waals surface area contributed by atoms with E-state index in [1.165, 1.54) is 12.8 Å². The van der Waals surface area contributed by atoms with E-state index in [4.69, 9.17) is 10.5 Å². The molecular weight excluding hydrogens is 202 g/mol. The van der Waals surface area contributed by atoms with Crippen molar-refractivity contribution in [3.8, 4) is 5.75 Å². The van der Waals surface area contributed by atoms with Gasteiger partial charge in [-0.3, -0.25) is 0 Å². The van der Waals surface area contributed by atoms with E-state index < -0.39 is 6.10 Å². The molecule has 0 spiro atoms. The van der Waals surface area contributed by atoms with Crippen molar-refractivity contribution in [2.75, 3.05) is 13.2 Å². The van der Waals surface area contributed by atoms with E-state index in [0.717, 1.165) is 23.5 Å². The standard InChI is InChI=1S/C13H19NO2/c1-9-2-5-13(16-8-10-3-4-10)11(6-9)12(15)7-14/h2,5-6,10,12,15H,3-4,7-8,14H2,1H3. The molecule has 1 unspecified atom stereocenters. The first-order valence-electron chi connectivity index (χ1n) is 5.82. The van der Waals surface area contributed by atoms with Crippen LogP contribution in [0.1, 0.15) is 30.1 Å². The number of aryl methyl sites for hydroxylation is 1. The smallest absolute Gasteiger partial charge is 0.125 e. The van der Waals surface area contributed by atoms with Crippen LogP contribution >= 0.6 is 0 Å². The van der Waals surface area contributed by atoms with Gasteiger partial charge in [0.1, 0.15) is 5.75 Å². The molecule has 0 aromatic heterocycles. The second kappa shape index (κ2) is 4.85. The third-order valence-electron chi connectivity index (χ3n) is 2.92. The second-order valence-electron chi connectivity index (χ2n) is 4.55. The maximum atomic E-state index is 9.81. The van der Waals surface area contributed by atoms with Crippen molar-refractivity contribution in [3.63, 3.8) is 0 Å². The highest BCUT2D eigenvalue weighted by atomic mass is 16.5. The first-order chi connectivity index (χ1) is 7.70. The van der Waals surface area contributed by atoms with Gasteiger partial charge in [-0.25, -0.2) is 0 Å². The Hall–Kier alpha value is -1.06. The van der Waals surface area contributed by atoms with E-state index in [1.807, 2.05) is 25.1 Å². The molecule has 1 aliphatic rings. The van der Waals surface area contributed by atoms with Crippen LogP contribution in [0.4, 0.5) is 0 Å². The van der Waals surface area contributed by atoms with Crippen molar-refractivity contribution < 1.29 is 9.84 Å². The quantitative estimate of drug-likeness (QED) is 0.796. The summed E-state index contributed by atoms with van der Waals surface area (Å²) in [5, 5.41) is 9.81. The first kappa shape index (κ1) is 11.4. The van der Waals surface area contributed by atoms with Gasteiger partial charge in [0, 0.05) is 12.1 Å². The molecule has 0 amide bonds. The predicted molar refractivity (Wildman–Crippen MR) is 63.4 cm³/mol. The number of nitrogens with two attached hydrogens (primary N) is 1. The molecule has 88 valence electrons. The van der Waals surface area contributed by atoms with Crippen molar-refractivity contribution in [2.45, 2.75) is 25.9 Å². The zero-order valence-corrected chi connectivity index (χ0v) is 9.65. The summed E-state index contributed by atoms with van der Waals surface area (Å²) in [5.41, 5.74) is 7.41. The highest BCUT2D eigenvalue weighted by molar-refractivity contribution is 5.38. The van der Waals surface area contributed by atoms with Gasteiger partial charge in [-0.05, 0) is 37.8 Å². The predicted octanol–water partition coefficient (Wildman–Crippen LogP) is 1.78. The normalized spacial score (nSPS) is 17.2. The summed E-state index contributed by atoms with van der Waals surface area (Å²) in [6.07, 6.45) is 1.90. The van der Waals surface area contributed by atoms with Crippen molar-refractivity contribution in [1.82, 2.24) is 0 Å². The second-order valence-corrected chi connectivity index (χ2v) is 4.55. The summed E-state index contributed by atoms with van der Waals surface area (Å²) >= 11 is 0. The van der Waals surface area contributed by atoms with Gasteiger partial charge in [0.15, 0.2) is 0 Å². The van der Waals surface area contributed by atoms with Crippen molar-refractivity contribution in [3.05, 3.63) is 29.3 Å². The topological polar surface area (TPSA) is 55.5 Å². The van der Waals surface area contributed by atoms with E-state index in [-0.39, 0.29) is 6.54 Å². The van der Waals surface area contributed by atoms with Gasteiger partial charge >= 0.3 is 0 Å². The number of aliphatic hydroxyl groups excluding tert-OH is 1. The Morgan fingerprint density at radius 1 is 1.50 bits per heavy atom. The Morgan fingerprint density at radius 2 is 2.25 bits per heavy atom. The Bertz CT molecular complexity index is 361. The summed E-state index contributed by atoms with van der Waals surface area (Å²) < 4.78 is 5.72. The van der Waals surface area contributed by atoms with Crippen LogP contribution in [-0.4, -0.2) is 18.3 Å². The fourth-order valence-corrected chi connectivity index (χ4v) is 1.68. The van der Waals surface area contributed by atoms with Crippen LogP contribution in [0.2, 0.25) is 0 Å². The summed E-state index contributed by atoms with van der Waals surface area (Å²) in [7, 11) is 0. The Morgan fingerprint density at radius 3 is 2.88 bits per heavy atom. The minimum Gasteiger partial charge on any atom is -0.493 e. The van der Waals surface area contributed by atoms with Crippen LogP contribution in [0.25, 0.3) is 0 Å². The molecule has 1 aliphatic carbocycles. The monoisotopic (exact) mass is 221 g/mol. The molecule has 0 heterocycles. The van der Waals surface area contributed by atoms with Crippen molar-refractivity contribution in [1.29, 1.82) is 0 Å². The summed E-state index contributed by atoms with van der Waals surface area (Å²) in [6, 6.07) is 5.86. The van der Waals surface area contributed by atoms with Crippen LogP contribution in [0.3, 0.4) is 0 Å². The van der Waals surface area contributed by atoms with Crippen LogP contribution in [0.5, 0.6) is 5.75 Å². The molecule has 3 heteroatoms. The fraction of sp³-hybridized carbons (Fsp3) is 0.538. The van der Waals surface area contributed by atoms with Crippen molar-refractivity contribution >= 4 is 0 Å². The van der Waals surface area contributed by atoms with Crippen LogP contribution in [-0.2, 0) is 0 Å². The SMILES string of the molecule is Cc1ccc(OCC2CC2)c(C(O)CN)c1. The Kier molecular flexibility index (Phi) is 3.46. The Balaban J connectivity index is 2.13. The van der Waals surface area contributed by atoms with E-state index in [1.54, 1.807) is 0 Å². The molecule has 1 aromatic carbocycles. The molecule has 16 heavy (non-hydrogen) atoms. The Labute approximate surface area is 96.2 Å². The zero-order chi connectivity index (χ0) is 11.5. The molecule has 3 N–H and O–H groups in total. The lowest BCUT2D eigenvalue weighted by Gasteiger charge is -2.15. The maximum absolute atomic E-state index is 9.81. The minimum absolute atomic E-state index is 0.225. The molecule has 0 bridgehead atoms. The van der Waals surface area contributed by atoms with Gasteiger partial charge in [0.25, 0.3) is 0 Å². The molecule has 3 nitrogen and oxygen atoms in total. The molecule has 1 saturated carbocycles.